The highest BCUT2D eigenvalue weighted by Gasteiger charge is 2.34. The number of amides is 1. The van der Waals surface area contributed by atoms with Crippen molar-refractivity contribution in [3.63, 3.8) is 0 Å². The van der Waals surface area contributed by atoms with E-state index in [1.54, 1.807) is 12.1 Å². The Morgan fingerprint density at radius 1 is 1.11 bits per heavy atom. The van der Waals surface area contributed by atoms with Gasteiger partial charge in [-0.1, -0.05) is 28.1 Å². The molecule has 0 radical (unpaired) electrons. The lowest BCUT2D eigenvalue weighted by molar-refractivity contribution is -0.135. The normalized spacial score (nSPS) is 15.8. The molecule has 1 aliphatic heterocycles. The summed E-state index contributed by atoms with van der Waals surface area (Å²) in [6.07, 6.45) is -0.658. The number of carbonyl (C=O) groups excluding carboxylic acids is 1. The van der Waals surface area contributed by atoms with Gasteiger partial charge in [0.15, 0.2) is 11.5 Å². The number of hydrogen-bond donors (Lipinski definition) is 0. The van der Waals surface area contributed by atoms with Gasteiger partial charge in [-0.25, -0.2) is 0 Å². The topological polar surface area (TPSA) is 69.6 Å². The molecule has 27 heavy (non-hydrogen) atoms. The number of nitrogens with zero attached hydrogens (tertiary/aromatic N) is 2. The molecule has 8 heteroatoms. The Morgan fingerprint density at radius 2 is 1.78 bits per heavy atom. The van der Waals surface area contributed by atoms with E-state index in [1.807, 2.05) is 24.3 Å². The van der Waals surface area contributed by atoms with Gasteiger partial charge in [0.2, 0.25) is 23.8 Å². The molecule has 0 fully saturated rings. The smallest absolute Gasteiger partial charge is 0.243 e. The minimum atomic E-state index is -0.658. The second kappa shape index (κ2) is 7.87. The van der Waals surface area contributed by atoms with Crippen LogP contribution >= 0.6 is 15.9 Å². The van der Waals surface area contributed by atoms with Crippen LogP contribution in [0.5, 0.6) is 17.2 Å². The lowest BCUT2D eigenvalue weighted by Crippen LogP contribution is -2.25. The zero-order valence-corrected chi connectivity index (χ0v) is 16.9. The van der Waals surface area contributed by atoms with E-state index in [1.165, 1.54) is 33.3 Å². The van der Waals surface area contributed by atoms with E-state index in [0.717, 1.165) is 10.0 Å². The van der Waals surface area contributed by atoms with Crippen LogP contribution in [0.4, 0.5) is 0 Å². The fourth-order valence-electron chi connectivity index (χ4n) is 2.76. The number of carbonyl (C=O) groups is 1. The summed E-state index contributed by atoms with van der Waals surface area (Å²) in [5.74, 6) is 1.46. The molecule has 1 atom stereocenters. The molecule has 0 N–H and O–H groups in total. The van der Waals surface area contributed by atoms with Gasteiger partial charge in [-0.3, -0.25) is 4.79 Å². The monoisotopic (exact) mass is 434 g/mol. The molecule has 2 aromatic rings. The third kappa shape index (κ3) is 3.71. The lowest BCUT2D eigenvalue weighted by atomic mass is 10.1. The zero-order valence-electron chi connectivity index (χ0n) is 15.4. The molecule has 0 saturated carbocycles. The van der Waals surface area contributed by atoms with Crippen LogP contribution in [-0.2, 0) is 9.53 Å². The van der Waals surface area contributed by atoms with Gasteiger partial charge < -0.3 is 18.9 Å². The van der Waals surface area contributed by atoms with Crippen LogP contribution in [0.25, 0.3) is 0 Å². The summed E-state index contributed by atoms with van der Waals surface area (Å²) in [4.78, 5) is 12.1. The minimum absolute atomic E-state index is 0.234. The van der Waals surface area contributed by atoms with Crippen LogP contribution in [0.1, 0.15) is 24.3 Å². The van der Waals surface area contributed by atoms with E-state index in [-0.39, 0.29) is 11.8 Å². The second-order valence-corrected chi connectivity index (χ2v) is 6.62. The summed E-state index contributed by atoms with van der Waals surface area (Å²) in [6, 6.07) is 11.0. The quantitative estimate of drug-likeness (QED) is 0.716. The van der Waals surface area contributed by atoms with Gasteiger partial charge in [-0.05, 0) is 24.3 Å². The van der Waals surface area contributed by atoms with Gasteiger partial charge in [-0.2, -0.15) is 5.01 Å². The Bertz CT molecular complexity index is 874. The van der Waals surface area contributed by atoms with Gasteiger partial charge >= 0.3 is 0 Å². The third-order valence-corrected chi connectivity index (χ3v) is 4.51. The van der Waals surface area contributed by atoms with E-state index >= 15 is 0 Å². The molecule has 0 saturated heterocycles. The molecule has 1 unspecified atom stereocenters. The van der Waals surface area contributed by atoms with Crippen molar-refractivity contribution < 1.29 is 23.7 Å². The first-order valence-corrected chi connectivity index (χ1v) is 8.88. The number of halogens is 1. The molecule has 1 heterocycles. The predicted molar refractivity (Wildman–Crippen MR) is 103 cm³/mol. The lowest BCUT2D eigenvalue weighted by Gasteiger charge is -2.19. The minimum Gasteiger partial charge on any atom is -0.493 e. The van der Waals surface area contributed by atoms with Gasteiger partial charge in [0.1, 0.15) is 0 Å². The fraction of sp³-hybridized carbons (Fsp3) is 0.263. The Labute approximate surface area is 165 Å². The molecule has 3 rings (SSSR count). The molecule has 0 spiro atoms. The van der Waals surface area contributed by atoms with Gasteiger partial charge in [0.25, 0.3) is 0 Å². The van der Waals surface area contributed by atoms with Crippen molar-refractivity contribution in [2.45, 2.75) is 13.2 Å². The van der Waals surface area contributed by atoms with E-state index in [9.17, 15) is 4.79 Å². The van der Waals surface area contributed by atoms with Crippen LogP contribution in [-0.4, -0.2) is 38.1 Å². The van der Waals surface area contributed by atoms with Crippen molar-refractivity contribution >= 4 is 27.7 Å². The molecule has 1 aliphatic rings. The van der Waals surface area contributed by atoms with Crippen LogP contribution in [0.2, 0.25) is 0 Å². The number of hydrogen-bond acceptors (Lipinski definition) is 6. The standard InChI is InChI=1S/C19H19BrN2O5/c1-11(23)22-19(12-6-5-7-14(20)8-12)27-18(21-22)13-9-15(24-2)17(26-4)16(10-13)25-3/h5-10,19H,1-4H3. The first-order chi connectivity index (χ1) is 13.0. The number of benzene rings is 2. The van der Waals surface area contributed by atoms with Crippen molar-refractivity contribution in [2.75, 3.05) is 21.3 Å². The molecule has 2 aromatic carbocycles. The number of rotatable bonds is 5. The number of hydrazone groups is 1. The van der Waals surface area contributed by atoms with Crippen molar-refractivity contribution in [1.82, 2.24) is 5.01 Å². The van der Waals surface area contributed by atoms with Crippen molar-refractivity contribution in [3.8, 4) is 17.2 Å². The maximum Gasteiger partial charge on any atom is 0.243 e. The molecular formula is C19H19BrN2O5. The molecule has 0 bridgehead atoms. The molecule has 7 nitrogen and oxygen atoms in total. The second-order valence-electron chi connectivity index (χ2n) is 5.71. The van der Waals surface area contributed by atoms with Crippen LogP contribution in [0.3, 0.4) is 0 Å². The van der Waals surface area contributed by atoms with E-state index in [0.29, 0.717) is 22.8 Å². The average Bonchev–Trinajstić information content (AvgIpc) is 3.12. The number of ether oxygens (including phenoxy) is 4. The molecule has 0 aromatic heterocycles. The van der Waals surface area contributed by atoms with Crippen LogP contribution in [0.15, 0.2) is 46.0 Å². The SMILES string of the molecule is COc1cc(C2=NN(C(C)=O)C(c3cccc(Br)c3)O2)cc(OC)c1OC. The average molecular weight is 435 g/mol. The predicted octanol–water partition coefficient (Wildman–Crippen LogP) is 3.71. The molecule has 0 aliphatic carbocycles. The largest absolute Gasteiger partial charge is 0.493 e. The fourth-order valence-corrected chi connectivity index (χ4v) is 3.18. The Balaban J connectivity index is 2.02. The Hall–Kier alpha value is -2.74. The molecule has 1 amide bonds. The summed E-state index contributed by atoms with van der Waals surface area (Å²) in [7, 11) is 4.60. The van der Waals surface area contributed by atoms with Gasteiger partial charge in [0, 0.05) is 22.5 Å². The van der Waals surface area contributed by atoms with E-state index in [4.69, 9.17) is 18.9 Å². The van der Waals surface area contributed by atoms with Crippen molar-refractivity contribution in [2.24, 2.45) is 5.10 Å². The highest BCUT2D eigenvalue weighted by molar-refractivity contribution is 9.10. The Kier molecular flexibility index (Phi) is 5.55. The summed E-state index contributed by atoms with van der Waals surface area (Å²) >= 11 is 3.44. The van der Waals surface area contributed by atoms with E-state index in [2.05, 4.69) is 21.0 Å². The zero-order chi connectivity index (χ0) is 19.6. The first kappa shape index (κ1) is 19.0. The highest BCUT2D eigenvalue weighted by Crippen LogP contribution is 2.40. The first-order valence-electron chi connectivity index (χ1n) is 8.09. The molecular weight excluding hydrogens is 416 g/mol. The van der Waals surface area contributed by atoms with Gasteiger partial charge in [0.05, 0.1) is 21.3 Å². The van der Waals surface area contributed by atoms with Crippen LogP contribution < -0.4 is 14.2 Å². The summed E-state index contributed by atoms with van der Waals surface area (Å²) in [5, 5.41) is 5.67. The summed E-state index contributed by atoms with van der Waals surface area (Å²) < 4.78 is 23.0. The maximum absolute atomic E-state index is 12.1. The maximum atomic E-state index is 12.1. The third-order valence-electron chi connectivity index (χ3n) is 4.01. The van der Waals surface area contributed by atoms with Crippen molar-refractivity contribution in [3.05, 3.63) is 52.0 Å². The Morgan fingerprint density at radius 3 is 2.30 bits per heavy atom. The van der Waals surface area contributed by atoms with Gasteiger partial charge in [-0.15, -0.1) is 5.10 Å². The van der Waals surface area contributed by atoms with E-state index < -0.39 is 6.23 Å². The van der Waals surface area contributed by atoms with Crippen LogP contribution in [0, 0.1) is 0 Å². The highest BCUT2D eigenvalue weighted by atomic mass is 79.9. The van der Waals surface area contributed by atoms with Crippen molar-refractivity contribution in [1.29, 1.82) is 0 Å². The summed E-state index contributed by atoms with van der Waals surface area (Å²) in [6.45, 7) is 1.44. The summed E-state index contributed by atoms with van der Waals surface area (Å²) in [5.41, 5.74) is 1.40. The number of methoxy groups -OCH3 is 3. The molecule has 142 valence electrons.